The molecule has 0 spiro atoms. The number of hydrogen-bond acceptors (Lipinski definition) is 1. The Morgan fingerprint density at radius 1 is 1.43 bits per heavy atom. The molecule has 1 nitrogen and oxygen atoms in total. The highest BCUT2D eigenvalue weighted by molar-refractivity contribution is 5.84. The molecule has 1 atom stereocenters. The fraction of sp³-hybridized carbons (Fsp3) is 0.769. The predicted octanol–water partition coefficient (Wildman–Crippen LogP) is 3.33. The highest BCUT2D eigenvalue weighted by atomic mass is 16.1. The van der Waals surface area contributed by atoms with Crippen molar-refractivity contribution in [3.05, 3.63) is 0 Å². The lowest BCUT2D eigenvalue weighted by Gasteiger charge is -2.26. The van der Waals surface area contributed by atoms with Gasteiger partial charge in [0.15, 0.2) is 0 Å². The molecule has 14 heavy (non-hydrogen) atoms. The van der Waals surface area contributed by atoms with E-state index in [2.05, 4.69) is 12.8 Å². The second-order valence-corrected chi connectivity index (χ2v) is 4.60. The first-order chi connectivity index (χ1) is 6.69. The van der Waals surface area contributed by atoms with Crippen LogP contribution in [0.25, 0.3) is 0 Å². The third-order valence-corrected chi connectivity index (χ3v) is 3.36. The zero-order valence-electron chi connectivity index (χ0n) is 9.14. The second kappa shape index (κ2) is 5.20. The van der Waals surface area contributed by atoms with Gasteiger partial charge in [0.1, 0.15) is 5.78 Å². The Bertz CT molecular complexity index is 236. The number of ketones is 1. The smallest absolute Gasteiger partial charge is 0.138 e. The zero-order valence-corrected chi connectivity index (χ0v) is 9.14. The molecule has 1 saturated carbocycles. The van der Waals surface area contributed by atoms with Crippen LogP contribution in [-0.2, 0) is 4.79 Å². The molecule has 1 heteroatoms. The van der Waals surface area contributed by atoms with Crippen molar-refractivity contribution in [2.24, 2.45) is 5.41 Å². The van der Waals surface area contributed by atoms with Crippen LogP contribution in [0.15, 0.2) is 0 Å². The molecular formula is C13H20O. The van der Waals surface area contributed by atoms with Gasteiger partial charge in [0, 0.05) is 18.3 Å². The summed E-state index contributed by atoms with van der Waals surface area (Å²) in [7, 11) is 0. The molecule has 1 aliphatic rings. The van der Waals surface area contributed by atoms with Crippen LogP contribution in [0.1, 0.15) is 58.3 Å². The van der Waals surface area contributed by atoms with Crippen molar-refractivity contribution in [3.8, 4) is 12.3 Å². The molecule has 1 rings (SSSR count). The van der Waals surface area contributed by atoms with E-state index in [-0.39, 0.29) is 5.41 Å². The lowest BCUT2D eigenvalue weighted by Crippen LogP contribution is -2.26. The summed E-state index contributed by atoms with van der Waals surface area (Å²) in [6, 6.07) is 0. The summed E-state index contributed by atoms with van der Waals surface area (Å²) in [6.45, 7) is 2.12. The standard InChI is InChI=1S/C13H20O/c1-3-4-7-10-13(2)11-8-5-6-9-12(13)14/h1H,4-11H2,2H3. The van der Waals surface area contributed by atoms with E-state index in [1.807, 2.05) is 0 Å². The molecule has 1 aliphatic carbocycles. The van der Waals surface area contributed by atoms with Gasteiger partial charge in [-0.1, -0.05) is 19.8 Å². The van der Waals surface area contributed by atoms with Gasteiger partial charge >= 0.3 is 0 Å². The van der Waals surface area contributed by atoms with E-state index < -0.39 is 0 Å². The minimum Gasteiger partial charge on any atom is -0.299 e. The SMILES string of the molecule is C#CCCCC1(C)CCCCCC1=O. The number of unbranched alkanes of at least 4 members (excludes halogenated alkanes) is 1. The van der Waals surface area contributed by atoms with Gasteiger partial charge in [-0.15, -0.1) is 12.3 Å². The van der Waals surface area contributed by atoms with Gasteiger partial charge < -0.3 is 0 Å². The monoisotopic (exact) mass is 192 g/mol. The molecule has 1 unspecified atom stereocenters. The Morgan fingerprint density at radius 2 is 2.21 bits per heavy atom. The van der Waals surface area contributed by atoms with Gasteiger partial charge in [-0.2, -0.15) is 0 Å². The molecule has 0 heterocycles. The van der Waals surface area contributed by atoms with E-state index in [9.17, 15) is 4.79 Å². The van der Waals surface area contributed by atoms with Gasteiger partial charge in [0.05, 0.1) is 0 Å². The zero-order chi connectivity index (χ0) is 10.4. The molecule has 0 aromatic rings. The summed E-state index contributed by atoms with van der Waals surface area (Å²) in [6.07, 6.45) is 13.4. The molecule has 0 aromatic carbocycles. The molecule has 78 valence electrons. The average molecular weight is 192 g/mol. The summed E-state index contributed by atoms with van der Waals surface area (Å²) < 4.78 is 0. The van der Waals surface area contributed by atoms with E-state index in [4.69, 9.17) is 6.42 Å². The van der Waals surface area contributed by atoms with E-state index in [1.54, 1.807) is 0 Å². The van der Waals surface area contributed by atoms with Crippen LogP contribution >= 0.6 is 0 Å². The highest BCUT2D eigenvalue weighted by Gasteiger charge is 2.32. The van der Waals surface area contributed by atoms with Gasteiger partial charge in [-0.25, -0.2) is 0 Å². The Morgan fingerprint density at radius 3 is 2.93 bits per heavy atom. The average Bonchev–Trinajstić information content (AvgIpc) is 2.31. The van der Waals surface area contributed by atoms with E-state index >= 15 is 0 Å². The first-order valence-corrected chi connectivity index (χ1v) is 5.66. The molecule has 0 N–H and O–H groups in total. The maximum Gasteiger partial charge on any atom is 0.138 e. The topological polar surface area (TPSA) is 17.1 Å². The molecule has 0 aliphatic heterocycles. The fourth-order valence-electron chi connectivity index (χ4n) is 2.26. The summed E-state index contributed by atoms with van der Waals surface area (Å²) in [5, 5.41) is 0. The number of rotatable bonds is 3. The largest absolute Gasteiger partial charge is 0.299 e. The highest BCUT2D eigenvalue weighted by Crippen LogP contribution is 2.36. The lowest BCUT2D eigenvalue weighted by molar-refractivity contribution is -0.128. The van der Waals surface area contributed by atoms with E-state index in [0.717, 1.165) is 38.5 Å². The summed E-state index contributed by atoms with van der Waals surface area (Å²) in [4.78, 5) is 11.9. The van der Waals surface area contributed by atoms with Crippen LogP contribution in [0.5, 0.6) is 0 Å². The van der Waals surface area contributed by atoms with Crippen LogP contribution in [-0.4, -0.2) is 5.78 Å². The maximum atomic E-state index is 11.9. The van der Waals surface area contributed by atoms with Crippen LogP contribution in [0.3, 0.4) is 0 Å². The molecule has 0 amide bonds. The maximum absolute atomic E-state index is 11.9. The molecule has 0 radical (unpaired) electrons. The third kappa shape index (κ3) is 2.87. The number of terminal acetylenes is 1. The quantitative estimate of drug-likeness (QED) is 0.381. The van der Waals surface area contributed by atoms with Crippen molar-refractivity contribution < 1.29 is 4.79 Å². The van der Waals surface area contributed by atoms with Crippen LogP contribution in [0.4, 0.5) is 0 Å². The number of carbonyl (C=O) groups is 1. The molecule has 0 bridgehead atoms. The normalized spacial score (nSPS) is 28.1. The van der Waals surface area contributed by atoms with Crippen molar-refractivity contribution in [3.63, 3.8) is 0 Å². The summed E-state index contributed by atoms with van der Waals surface area (Å²) >= 11 is 0. The van der Waals surface area contributed by atoms with Crippen LogP contribution in [0, 0.1) is 17.8 Å². The van der Waals surface area contributed by atoms with Gasteiger partial charge in [-0.3, -0.25) is 4.79 Å². The first kappa shape index (κ1) is 11.3. The van der Waals surface area contributed by atoms with Crippen molar-refractivity contribution in [2.45, 2.75) is 58.3 Å². The van der Waals surface area contributed by atoms with Crippen molar-refractivity contribution in [2.75, 3.05) is 0 Å². The third-order valence-electron chi connectivity index (χ3n) is 3.36. The molecule has 0 saturated heterocycles. The molecule has 0 aromatic heterocycles. The van der Waals surface area contributed by atoms with Gasteiger partial charge in [0.2, 0.25) is 0 Å². The second-order valence-electron chi connectivity index (χ2n) is 4.60. The Balaban J connectivity index is 2.50. The Labute approximate surface area is 87.3 Å². The van der Waals surface area contributed by atoms with E-state index in [1.165, 1.54) is 12.8 Å². The van der Waals surface area contributed by atoms with E-state index in [0.29, 0.717) is 5.78 Å². The lowest BCUT2D eigenvalue weighted by atomic mass is 9.77. The summed E-state index contributed by atoms with van der Waals surface area (Å²) in [5.41, 5.74) is -0.0622. The van der Waals surface area contributed by atoms with Crippen molar-refractivity contribution in [1.82, 2.24) is 0 Å². The number of hydrogen-bond donors (Lipinski definition) is 0. The van der Waals surface area contributed by atoms with Gasteiger partial charge in [0.25, 0.3) is 0 Å². The van der Waals surface area contributed by atoms with Crippen molar-refractivity contribution >= 4 is 5.78 Å². The van der Waals surface area contributed by atoms with Crippen LogP contribution in [0.2, 0.25) is 0 Å². The van der Waals surface area contributed by atoms with Crippen LogP contribution < -0.4 is 0 Å². The predicted molar refractivity (Wildman–Crippen MR) is 58.9 cm³/mol. The fourth-order valence-corrected chi connectivity index (χ4v) is 2.26. The minimum absolute atomic E-state index is 0.0622. The van der Waals surface area contributed by atoms with Gasteiger partial charge in [-0.05, 0) is 25.7 Å². The number of carbonyl (C=O) groups excluding carboxylic acids is 1. The minimum atomic E-state index is -0.0622. The summed E-state index contributed by atoms with van der Waals surface area (Å²) in [5.74, 6) is 3.11. The Hall–Kier alpha value is -0.770. The first-order valence-electron chi connectivity index (χ1n) is 5.66. The Kier molecular flexibility index (Phi) is 4.20. The number of Topliss-reactive ketones (excluding diaryl/α,β-unsaturated/α-hetero) is 1. The van der Waals surface area contributed by atoms with Crippen molar-refractivity contribution in [1.29, 1.82) is 0 Å². The molecule has 1 fully saturated rings. The molecular weight excluding hydrogens is 172 g/mol.